The summed E-state index contributed by atoms with van der Waals surface area (Å²) in [6.45, 7) is 2.98. The first-order valence-electron chi connectivity index (χ1n) is 11.7. The Morgan fingerprint density at radius 2 is 2.09 bits per heavy atom. The number of likely N-dealkylation sites (tertiary alicyclic amines) is 1. The second-order valence-corrected chi connectivity index (χ2v) is 8.71. The number of aromatic nitrogens is 4. The molecule has 0 spiro atoms. The number of imidazole rings is 1. The molecule has 1 aliphatic heterocycles. The third-order valence-corrected chi connectivity index (χ3v) is 6.56. The van der Waals surface area contributed by atoms with Crippen molar-refractivity contribution in [1.82, 2.24) is 24.1 Å². The fourth-order valence-electron chi connectivity index (χ4n) is 4.99. The topological polar surface area (TPSA) is 117 Å². The number of nitrogens with two attached hydrogens (primary N) is 1. The van der Waals surface area contributed by atoms with E-state index in [-0.39, 0.29) is 5.91 Å². The molecule has 3 aromatic heterocycles. The molecule has 4 heterocycles. The van der Waals surface area contributed by atoms with Crippen LogP contribution in [-0.4, -0.2) is 62.4 Å². The van der Waals surface area contributed by atoms with E-state index in [1.165, 1.54) is 0 Å². The minimum absolute atomic E-state index is 0.164. The zero-order valence-electron chi connectivity index (χ0n) is 20.0. The number of benzene rings is 1. The molecule has 0 bridgehead atoms. The molecule has 4 aromatic rings. The summed E-state index contributed by atoms with van der Waals surface area (Å²) in [5.74, 6) is 1.18. The van der Waals surface area contributed by atoms with Crippen molar-refractivity contribution in [3.05, 3.63) is 47.8 Å². The molecule has 5 rings (SSSR count). The normalized spacial score (nSPS) is 16.1. The molecular formula is C25H28N6O4. The van der Waals surface area contributed by atoms with Crippen molar-refractivity contribution < 1.29 is 19.1 Å². The Kier molecular flexibility index (Phi) is 5.80. The van der Waals surface area contributed by atoms with E-state index in [4.69, 9.17) is 20.2 Å². The van der Waals surface area contributed by atoms with Crippen molar-refractivity contribution in [2.75, 3.05) is 20.2 Å². The molecule has 1 aromatic carbocycles. The molecule has 10 nitrogen and oxygen atoms in total. The van der Waals surface area contributed by atoms with E-state index in [1.807, 2.05) is 28.3 Å². The summed E-state index contributed by atoms with van der Waals surface area (Å²) in [6, 6.07) is 9.55. The largest absolute Gasteiger partial charge is 0.494 e. The third-order valence-electron chi connectivity index (χ3n) is 6.56. The molecule has 35 heavy (non-hydrogen) atoms. The Morgan fingerprint density at radius 3 is 2.83 bits per heavy atom. The Labute approximate surface area is 202 Å². The smallest absolute Gasteiger partial charge is 0.404 e. The average molecular weight is 477 g/mol. The second kappa shape index (κ2) is 8.94. The van der Waals surface area contributed by atoms with E-state index < -0.39 is 12.2 Å². The number of hydrogen-bond acceptors (Lipinski definition) is 6. The third kappa shape index (κ3) is 3.94. The predicted molar refractivity (Wildman–Crippen MR) is 130 cm³/mol. The molecule has 2 amide bonds. The van der Waals surface area contributed by atoms with Crippen molar-refractivity contribution in [1.29, 1.82) is 0 Å². The number of fused-ring (bicyclic) bond motifs is 2. The summed E-state index contributed by atoms with van der Waals surface area (Å²) in [4.78, 5) is 31.1. The molecule has 1 fully saturated rings. The fraction of sp³-hybridized carbons (Fsp3) is 0.360. The van der Waals surface area contributed by atoms with E-state index in [2.05, 4.69) is 18.1 Å². The number of carbonyl (C=O) groups excluding carboxylic acids is 2. The zero-order chi connectivity index (χ0) is 24.7. The van der Waals surface area contributed by atoms with Crippen molar-refractivity contribution in [3.63, 3.8) is 0 Å². The number of methoxy groups -OCH3 is 1. The molecule has 1 aliphatic rings. The van der Waals surface area contributed by atoms with Gasteiger partial charge >= 0.3 is 6.09 Å². The van der Waals surface area contributed by atoms with Crippen LogP contribution < -0.4 is 10.5 Å². The molecule has 1 atom stereocenters. The first-order chi connectivity index (χ1) is 16.9. The number of aryl methyl sites for hydroxylation is 2. The van der Waals surface area contributed by atoms with Gasteiger partial charge in [0, 0.05) is 30.9 Å². The molecule has 1 unspecified atom stereocenters. The van der Waals surface area contributed by atoms with Gasteiger partial charge in [0.05, 0.1) is 30.4 Å². The number of piperidine rings is 1. The van der Waals surface area contributed by atoms with Gasteiger partial charge in [-0.2, -0.15) is 5.10 Å². The van der Waals surface area contributed by atoms with Gasteiger partial charge in [0.1, 0.15) is 23.2 Å². The van der Waals surface area contributed by atoms with Crippen molar-refractivity contribution in [2.45, 2.75) is 32.3 Å². The maximum Gasteiger partial charge on any atom is 0.404 e. The summed E-state index contributed by atoms with van der Waals surface area (Å²) in [5, 5.41) is 4.49. The van der Waals surface area contributed by atoms with Gasteiger partial charge in [-0.15, -0.1) is 0 Å². The lowest BCUT2D eigenvalue weighted by Crippen LogP contribution is -2.44. The van der Waals surface area contributed by atoms with Gasteiger partial charge < -0.3 is 24.7 Å². The standard InChI is InChI=1S/C25H28N6O4/c1-4-20-18(13-16-7-5-9-27-31(16)20)23-28-19-11-15(12-21(34-3)22(19)29(23)2)24(32)30-10-6-8-17(14-30)35-25(26)33/h5,7,9,11-13,17H,4,6,8,10,14H2,1-3H3,(H2,26,33). The van der Waals surface area contributed by atoms with Crippen LogP contribution in [0.5, 0.6) is 5.75 Å². The van der Waals surface area contributed by atoms with E-state index >= 15 is 0 Å². The molecule has 182 valence electrons. The number of carbonyl (C=O) groups is 2. The first-order valence-corrected chi connectivity index (χ1v) is 11.7. The molecule has 1 saturated heterocycles. The van der Waals surface area contributed by atoms with Crippen LogP contribution in [0.15, 0.2) is 36.5 Å². The van der Waals surface area contributed by atoms with Crippen LogP contribution >= 0.6 is 0 Å². The fourth-order valence-corrected chi connectivity index (χ4v) is 4.99. The van der Waals surface area contributed by atoms with E-state index in [0.717, 1.165) is 41.0 Å². The lowest BCUT2D eigenvalue weighted by molar-refractivity contribution is 0.0373. The maximum atomic E-state index is 13.4. The Balaban J connectivity index is 1.56. The quantitative estimate of drug-likeness (QED) is 0.473. The van der Waals surface area contributed by atoms with E-state index in [9.17, 15) is 9.59 Å². The van der Waals surface area contributed by atoms with Crippen LogP contribution in [0, 0.1) is 0 Å². The lowest BCUT2D eigenvalue weighted by Gasteiger charge is -2.32. The van der Waals surface area contributed by atoms with Gasteiger partial charge in [0.2, 0.25) is 0 Å². The highest BCUT2D eigenvalue weighted by Crippen LogP contribution is 2.34. The van der Waals surface area contributed by atoms with Crippen LogP contribution in [0.3, 0.4) is 0 Å². The molecule has 0 saturated carbocycles. The van der Waals surface area contributed by atoms with E-state index in [0.29, 0.717) is 36.3 Å². The highest BCUT2D eigenvalue weighted by molar-refractivity contribution is 6.00. The summed E-state index contributed by atoms with van der Waals surface area (Å²) in [6.07, 6.45) is 2.74. The van der Waals surface area contributed by atoms with Crippen molar-refractivity contribution in [2.24, 2.45) is 12.8 Å². The number of rotatable bonds is 5. The molecule has 10 heteroatoms. The second-order valence-electron chi connectivity index (χ2n) is 8.71. The summed E-state index contributed by atoms with van der Waals surface area (Å²) >= 11 is 0. The number of nitrogens with zero attached hydrogens (tertiary/aromatic N) is 5. The minimum atomic E-state index is -0.826. The van der Waals surface area contributed by atoms with Crippen LogP contribution in [0.2, 0.25) is 0 Å². The summed E-state index contributed by atoms with van der Waals surface area (Å²) in [5.41, 5.74) is 10.1. The lowest BCUT2D eigenvalue weighted by atomic mass is 10.1. The number of primary amides is 1. The first kappa shape index (κ1) is 22.7. The number of ether oxygens (including phenoxy) is 2. The minimum Gasteiger partial charge on any atom is -0.494 e. The SMILES string of the molecule is CCc1c(-c2nc3cc(C(=O)N4CCCC(OC(N)=O)C4)cc(OC)c3n2C)cc2cccnn12. The predicted octanol–water partition coefficient (Wildman–Crippen LogP) is 3.16. The monoisotopic (exact) mass is 476 g/mol. The maximum absolute atomic E-state index is 13.4. The van der Waals surface area contributed by atoms with E-state index in [1.54, 1.807) is 30.3 Å². The highest BCUT2D eigenvalue weighted by atomic mass is 16.6. The van der Waals surface area contributed by atoms with Crippen LogP contribution in [0.4, 0.5) is 4.79 Å². The van der Waals surface area contributed by atoms with Gasteiger partial charge in [-0.3, -0.25) is 4.79 Å². The van der Waals surface area contributed by atoms with Gasteiger partial charge in [-0.1, -0.05) is 6.92 Å². The average Bonchev–Trinajstić information content (AvgIpc) is 3.39. The number of hydrogen-bond donors (Lipinski definition) is 1. The Morgan fingerprint density at radius 1 is 1.26 bits per heavy atom. The van der Waals surface area contributed by atoms with Crippen LogP contribution in [0.25, 0.3) is 27.9 Å². The summed E-state index contributed by atoms with van der Waals surface area (Å²) in [7, 11) is 3.53. The zero-order valence-corrected chi connectivity index (χ0v) is 20.0. The van der Waals surface area contributed by atoms with Crippen LogP contribution in [-0.2, 0) is 18.2 Å². The van der Waals surface area contributed by atoms with Gasteiger partial charge in [0.15, 0.2) is 0 Å². The Bertz CT molecular complexity index is 1440. The Hall–Kier alpha value is -4.08. The van der Waals surface area contributed by atoms with Gasteiger partial charge in [-0.05, 0) is 49.6 Å². The highest BCUT2D eigenvalue weighted by Gasteiger charge is 2.28. The van der Waals surface area contributed by atoms with Crippen LogP contribution in [0.1, 0.15) is 35.8 Å². The van der Waals surface area contributed by atoms with Gasteiger partial charge in [-0.25, -0.2) is 14.3 Å². The molecule has 0 aliphatic carbocycles. The van der Waals surface area contributed by atoms with Crippen molar-refractivity contribution >= 4 is 28.6 Å². The molecule has 0 radical (unpaired) electrons. The molecule has 2 N–H and O–H groups in total. The number of amides is 2. The van der Waals surface area contributed by atoms with Gasteiger partial charge in [0.25, 0.3) is 5.91 Å². The molecular weight excluding hydrogens is 448 g/mol. The summed E-state index contributed by atoms with van der Waals surface area (Å²) < 4.78 is 14.8. The van der Waals surface area contributed by atoms with Crippen molar-refractivity contribution in [3.8, 4) is 17.1 Å².